The molecule has 0 unspecified atom stereocenters. The molecule has 1 aliphatic heterocycles. The van der Waals surface area contributed by atoms with Crippen molar-refractivity contribution in [2.24, 2.45) is 0 Å². The van der Waals surface area contributed by atoms with E-state index in [4.69, 9.17) is 4.74 Å². The molecule has 0 atom stereocenters. The van der Waals surface area contributed by atoms with Crippen LogP contribution < -0.4 is 14.2 Å². The fraction of sp³-hybridized carbons (Fsp3) is 0.129. The van der Waals surface area contributed by atoms with Crippen LogP contribution in [-0.4, -0.2) is 35.9 Å². The predicted octanol–water partition coefficient (Wildman–Crippen LogP) is 7.66. The fourth-order valence-corrected chi connectivity index (χ4v) is 6.66. The Morgan fingerprint density at radius 2 is 1.52 bits per heavy atom. The molecule has 0 spiro atoms. The summed E-state index contributed by atoms with van der Waals surface area (Å²) in [7, 11) is -1.89. The van der Waals surface area contributed by atoms with Gasteiger partial charge in [0.25, 0.3) is 0 Å². The van der Waals surface area contributed by atoms with E-state index in [1.54, 1.807) is 0 Å². The molecule has 206 valence electrons. The van der Waals surface area contributed by atoms with Crippen molar-refractivity contribution in [3.63, 3.8) is 0 Å². The maximum Gasteiger partial charge on any atom is 0.673 e. The Labute approximate surface area is 237 Å². The van der Waals surface area contributed by atoms with Gasteiger partial charge < -0.3 is 22.2 Å². The summed E-state index contributed by atoms with van der Waals surface area (Å²) in [4.78, 5) is 2.11. The molecule has 0 saturated heterocycles. The van der Waals surface area contributed by atoms with Crippen LogP contribution in [0.1, 0.15) is 22.6 Å². The van der Waals surface area contributed by atoms with E-state index in [1.807, 2.05) is 12.1 Å². The van der Waals surface area contributed by atoms with Crippen molar-refractivity contribution < 1.29 is 26.6 Å². The summed E-state index contributed by atoms with van der Waals surface area (Å²) in [5.74, 6) is 1.78. The first-order chi connectivity index (χ1) is 19.1. The van der Waals surface area contributed by atoms with Crippen LogP contribution in [0.2, 0.25) is 0 Å². The summed E-state index contributed by atoms with van der Waals surface area (Å²) in [5, 5.41) is 0. The van der Waals surface area contributed by atoms with Crippen LogP contribution in [0.3, 0.4) is 0 Å². The third-order valence-corrected chi connectivity index (χ3v) is 8.36. The average molecular weight is 611 g/mol. The number of halogens is 4. The quantitative estimate of drug-likeness (QED) is 0.0964. The predicted molar refractivity (Wildman–Crippen MR) is 159 cm³/mol. The molecule has 0 N–H and O–H groups in total. The van der Waals surface area contributed by atoms with Crippen molar-refractivity contribution in [2.45, 2.75) is 13.5 Å². The number of hydrogen-bond donors (Lipinski definition) is 0. The van der Waals surface area contributed by atoms with Gasteiger partial charge in [-0.05, 0) is 0 Å². The van der Waals surface area contributed by atoms with Gasteiger partial charge in [0.15, 0.2) is 0 Å². The third-order valence-electron chi connectivity index (χ3n) is 6.03. The van der Waals surface area contributed by atoms with Gasteiger partial charge in [0.05, 0.1) is 0 Å². The molecule has 0 saturated carbocycles. The number of nitrogens with zero attached hydrogens (tertiary/aromatic N) is 2. The van der Waals surface area contributed by atoms with Crippen LogP contribution in [0.4, 0.5) is 23.0 Å². The summed E-state index contributed by atoms with van der Waals surface area (Å²) in [5.41, 5.74) is 5.97. The number of benzene rings is 3. The van der Waals surface area contributed by atoms with Crippen LogP contribution >= 0.6 is 0 Å². The number of anilines is 1. The van der Waals surface area contributed by atoms with Gasteiger partial charge >= 0.3 is 196 Å². The van der Waals surface area contributed by atoms with Gasteiger partial charge in [-0.1, -0.05) is 0 Å². The molecule has 4 aromatic rings. The minimum atomic E-state index is -6.00. The summed E-state index contributed by atoms with van der Waals surface area (Å²) >= 11 is 0.272. The smallest absolute Gasteiger partial charge is 0.418 e. The second kappa shape index (κ2) is 13.0. The Bertz CT molecular complexity index is 1580. The molecule has 0 bridgehead atoms. The van der Waals surface area contributed by atoms with Gasteiger partial charge in [-0.3, -0.25) is 0 Å². The SMILES string of the molecule is CC[n+]1c(C=C2C=C(C=CC=Cc3ccc(N(C)C)cc3)c3ccccc3O2)[se]c2ccccc21.F[B-](F)(F)F. The zero-order valence-corrected chi connectivity index (χ0v) is 24.1. The molecule has 1 aromatic heterocycles. The molecule has 0 fully saturated rings. The van der Waals surface area contributed by atoms with Crippen molar-refractivity contribution in [1.82, 2.24) is 0 Å². The van der Waals surface area contributed by atoms with Gasteiger partial charge in [-0.2, -0.15) is 0 Å². The molecule has 1 aliphatic rings. The van der Waals surface area contributed by atoms with Crippen LogP contribution in [0.15, 0.2) is 103 Å². The van der Waals surface area contributed by atoms with E-state index in [9.17, 15) is 17.3 Å². The molecule has 3 aromatic carbocycles. The van der Waals surface area contributed by atoms with Gasteiger partial charge in [-0.25, -0.2) is 0 Å². The minimum absolute atomic E-state index is 0.272. The van der Waals surface area contributed by atoms with E-state index in [-0.39, 0.29) is 14.5 Å². The first-order valence-electron chi connectivity index (χ1n) is 12.7. The number of aromatic nitrogens is 1. The van der Waals surface area contributed by atoms with Crippen LogP contribution in [0.25, 0.3) is 27.5 Å². The second-order valence-corrected chi connectivity index (χ2v) is 11.3. The first-order valence-corrected chi connectivity index (χ1v) is 14.4. The van der Waals surface area contributed by atoms with E-state index in [0.717, 1.165) is 29.2 Å². The van der Waals surface area contributed by atoms with E-state index in [2.05, 4.69) is 128 Å². The van der Waals surface area contributed by atoms with E-state index < -0.39 is 7.25 Å². The van der Waals surface area contributed by atoms with Gasteiger partial charge in [-0.15, -0.1) is 0 Å². The van der Waals surface area contributed by atoms with E-state index in [1.165, 1.54) is 25.6 Å². The maximum atomic E-state index is 9.75. The van der Waals surface area contributed by atoms with Gasteiger partial charge in [0.1, 0.15) is 0 Å². The Balaban J connectivity index is 0.000000681. The topological polar surface area (TPSA) is 16.4 Å². The summed E-state index contributed by atoms with van der Waals surface area (Å²) in [6.45, 7) is 3.16. The summed E-state index contributed by atoms with van der Waals surface area (Å²) < 4.78 is 50.5. The number of rotatable bonds is 6. The molecule has 0 aliphatic carbocycles. The zero-order chi connectivity index (χ0) is 28.7. The molecule has 0 amide bonds. The molecule has 2 heterocycles. The number of para-hydroxylation sites is 2. The average Bonchev–Trinajstić information content (AvgIpc) is 3.27. The molecule has 0 radical (unpaired) electrons. The van der Waals surface area contributed by atoms with Crippen LogP contribution in [0.5, 0.6) is 5.75 Å². The molecular weight excluding hydrogens is 582 g/mol. The second-order valence-electron chi connectivity index (χ2n) is 9.10. The third kappa shape index (κ3) is 7.87. The standard InChI is InChI=1S/C31H29N2OSe.BF4/c1-4-33-28-14-8-10-16-30(28)35-31(33)22-26-21-24(27-13-7-9-15-29(27)34-26)12-6-5-11-23-17-19-25(20-18-23)32(2)3;2-1(3,4)5/h5-22H,4H2,1-3H3;/q+1;-1. The normalized spacial score (nSPS) is 14.2. The van der Waals surface area contributed by atoms with Gasteiger partial charge in [0, 0.05) is 19.8 Å². The number of allylic oxidation sites excluding steroid dienone is 5. The van der Waals surface area contributed by atoms with E-state index >= 15 is 0 Å². The van der Waals surface area contributed by atoms with Crippen molar-refractivity contribution in [3.8, 4) is 5.75 Å². The summed E-state index contributed by atoms with van der Waals surface area (Å²) in [6.07, 6.45) is 12.9. The number of ether oxygens (including phenoxy) is 1. The zero-order valence-electron chi connectivity index (χ0n) is 22.4. The maximum absolute atomic E-state index is 9.75. The van der Waals surface area contributed by atoms with Gasteiger partial charge in [0.2, 0.25) is 0 Å². The molecule has 40 heavy (non-hydrogen) atoms. The van der Waals surface area contributed by atoms with Crippen LogP contribution in [0, 0.1) is 0 Å². The fourth-order valence-electron chi connectivity index (χ4n) is 4.21. The summed E-state index contributed by atoms with van der Waals surface area (Å²) in [6, 6.07) is 25.5. The minimum Gasteiger partial charge on any atom is -0.418 e. The largest absolute Gasteiger partial charge is 0.673 e. The Morgan fingerprint density at radius 1 is 0.875 bits per heavy atom. The molecule has 3 nitrogen and oxygen atoms in total. The van der Waals surface area contributed by atoms with Crippen molar-refractivity contribution in [1.29, 1.82) is 0 Å². The molecule has 9 heteroatoms. The van der Waals surface area contributed by atoms with Crippen LogP contribution in [-0.2, 0) is 6.54 Å². The van der Waals surface area contributed by atoms with E-state index in [0.29, 0.717) is 0 Å². The number of aryl methyl sites for hydroxylation is 1. The molecule has 5 rings (SSSR count). The molecular formula is C31H29BF4N2OSe. The van der Waals surface area contributed by atoms with Crippen molar-refractivity contribution in [3.05, 3.63) is 119 Å². The Hall–Kier alpha value is -3.81. The van der Waals surface area contributed by atoms with Crippen molar-refractivity contribution in [2.75, 3.05) is 19.0 Å². The number of fused-ring (bicyclic) bond motifs is 2. The van der Waals surface area contributed by atoms with Crippen molar-refractivity contribution >= 4 is 54.9 Å². The Morgan fingerprint density at radius 3 is 2.23 bits per heavy atom. The number of hydrogen-bond acceptors (Lipinski definition) is 2. The Kier molecular flexibility index (Phi) is 9.51. The first kappa shape index (κ1) is 29.2. The monoisotopic (exact) mass is 612 g/mol.